The standard InChI is InChI=1S/C18H28N4/c1-17(2,3)21-12-22(18(4,5)6)16-10-14-13(9-15(16)21)19(7)11-20(14)8/h9-12H,1-8H3/q+2. The minimum atomic E-state index is 0.0514. The lowest BCUT2D eigenvalue weighted by Crippen LogP contribution is -2.49. The van der Waals surface area contributed by atoms with Crippen molar-refractivity contribution in [1.82, 2.24) is 9.13 Å². The first kappa shape index (κ1) is 15.1. The lowest BCUT2D eigenvalue weighted by atomic mass is 10.1. The summed E-state index contributed by atoms with van der Waals surface area (Å²) in [5.74, 6) is 0. The van der Waals surface area contributed by atoms with Crippen LogP contribution in [0.1, 0.15) is 41.5 Å². The van der Waals surface area contributed by atoms with Crippen LogP contribution in [-0.4, -0.2) is 9.13 Å². The molecule has 4 heteroatoms. The minimum Gasteiger partial charge on any atom is -0.232 e. The Morgan fingerprint density at radius 3 is 2.05 bits per heavy atom. The van der Waals surface area contributed by atoms with E-state index >= 15 is 0 Å². The normalized spacial score (nSPS) is 13.5. The van der Waals surface area contributed by atoms with Gasteiger partial charge < -0.3 is 0 Å². The summed E-state index contributed by atoms with van der Waals surface area (Å²) in [6, 6.07) is 4.64. The Morgan fingerprint density at radius 2 is 1.50 bits per heavy atom. The largest absolute Gasteiger partial charge is 0.245 e. The van der Waals surface area contributed by atoms with E-state index in [0.29, 0.717) is 0 Å². The zero-order valence-corrected chi connectivity index (χ0v) is 15.1. The average Bonchev–Trinajstić information content (AvgIpc) is 2.85. The molecular weight excluding hydrogens is 272 g/mol. The summed E-state index contributed by atoms with van der Waals surface area (Å²) in [6.07, 6.45) is 4.40. The van der Waals surface area contributed by atoms with Crippen LogP contribution in [0.2, 0.25) is 0 Å². The number of rotatable bonds is 0. The van der Waals surface area contributed by atoms with Crippen molar-refractivity contribution in [3.8, 4) is 0 Å². The third kappa shape index (κ3) is 2.13. The van der Waals surface area contributed by atoms with Gasteiger partial charge in [-0.1, -0.05) is 0 Å². The van der Waals surface area contributed by atoms with Crippen LogP contribution >= 0.6 is 0 Å². The molecule has 2 heterocycles. The minimum absolute atomic E-state index is 0.0514. The number of hydrogen-bond acceptors (Lipinski definition) is 0. The van der Waals surface area contributed by atoms with Gasteiger partial charge in [-0.2, -0.15) is 0 Å². The van der Waals surface area contributed by atoms with Crippen LogP contribution in [-0.2, 0) is 25.2 Å². The van der Waals surface area contributed by atoms with Crippen molar-refractivity contribution in [2.75, 3.05) is 0 Å². The monoisotopic (exact) mass is 300 g/mol. The molecule has 3 rings (SSSR count). The summed E-state index contributed by atoms with van der Waals surface area (Å²) < 4.78 is 9.16. The van der Waals surface area contributed by atoms with E-state index in [2.05, 4.69) is 98.7 Å². The van der Waals surface area contributed by atoms with Crippen LogP contribution in [0.15, 0.2) is 24.8 Å². The Labute approximate surface area is 132 Å². The highest BCUT2D eigenvalue weighted by Crippen LogP contribution is 2.26. The van der Waals surface area contributed by atoms with Crippen LogP contribution < -0.4 is 9.13 Å². The van der Waals surface area contributed by atoms with Gasteiger partial charge >= 0.3 is 0 Å². The van der Waals surface area contributed by atoms with Gasteiger partial charge in [0.2, 0.25) is 12.7 Å². The smallest absolute Gasteiger partial charge is 0.232 e. The van der Waals surface area contributed by atoms with Crippen molar-refractivity contribution < 1.29 is 9.13 Å². The molecule has 0 atom stereocenters. The Morgan fingerprint density at radius 1 is 0.864 bits per heavy atom. The van der Waals surface area contributed by atoms with E-state index < -0.39 is 0 Å². The average molecular weight is 300 g/mol. The fraction of sp³-hybridized carbons (Fsp3) is 0.556. The molecular formula is C18H28N4+2. The zero-order valence-electron chi connectivity index (χ0n) is 15.1. The first-order chi connectivity index (χ1) is 10.00. The maximum atomic E-state index is 2.39. The summed E-state index contributed by atoms with van der Waals surface area (Å²) in [5, 5.41) is 0. The van der Waals surface area contributed by atoms with Crippen molar-refractivity contribution in [2.24, 2.45) is 14.1 Å². The van der Waals surface area contributed by atoms with E-state index in [-0.39, 0.29) is 11.1 Å². The Hall–Kier alpha value is -1.84. The molecule has 3 aromatic rings. The molecule has 0 aliphatic carbocycles. The number of hydrogen-bond donors (Lipinski definition) is 0. The summed E-state index contributed by atoms with van der Waals surface area (Å²) in [4.78, 5) is 0. The molecule has 0 saturated heterocycles. The van der Waals surface area contributed by atoms with E-state index in [0.717, 1.165) is 0 Å². The summed E-state index contributed by atoms with van der Waals surface area (Å²) >= 11 is 0. The van der Waals surface area contributed by atoms with Gasteiger partial charge in [0.15, 0.2) is 22.1 Å². The van der Waals surface area contributed by atoms with E-state index in [9.17, 15) is 0 Å². The van der Waals surface area contributed by atoms with Crippen molar-refractivity contribution in [1.29, 1.82) is 0 Å². The molecule has 0 saturated carbocycles. The molecule has 4 nitrogen and oxygen atoms in total. The molecule has 0 aliphatic rings. The fourth-order valence-electron chi connectivity index (χ4n) is 3.20. The Kier molecular flexibility index (Phi) is 2.97. The van der Waals surface area contributed by atoms with Crippen molar-refractivity contribution in [3.63, 3.8) is 0 Å². The van der Waals surface area contributed by atoms with E-state index in [1.54, 1.807) is 0 Å². The van der Waals surface area contributed by atoms with Crippen LogP contribution in [0.4, 0.5) is 0 Å². The maximum Gasteiger partial charge on any atom is 0.245 e. The van der Waals surface area contributed by atoms with Crippen LogP contribution in [0, 0.1) is 0 Å². The highest BCUT2D eigenvalue weighted by Gasteiger charge is 2.32. The molecule has 118 valence electrons. The summed E-state index contributed by atoms with van der Waals surface area (Å²) in [6.45, 7) is 13.6. The molecule has 1 aromatic carbocycles. The lowest BCUT2D eigenvalue weighted by Gasteiger charge is -2.16. The number of aromatic nitrogens is 4. The molecule has 0 fully saturated rings. The Bertz CT molecular complexity index is 798. The SMILES string of the molecule is Cn1c[n+](C)c2cc3c(cc21)n(C(C)(C)C)c[n+]3C(C)(C)C. The molecule has 0 radical (unpaired) electrons. The topological polar surface area (TPSA) is 17.6 Å². The van der Waals surface area contributed by atoms with E-state index in [1.165, 1.54) is 22.1 Å². The molecule has 22 heavy (non-hydrogen) atoms. The first-order valence-corrected chi connectivity index (χ1v) is 7.92. The van der Waals surface area contributed by atoms with Crippen molar-refractivity contribution in [3.05, 3.63) is 24.8 Å². The van der Waals surface area contributed by atoms with Crippen molar-refractivity contribution >= 4 is 22.1 Å². The van der Waals surface area contributed by atoms with Gasteiger partial charge in [-0.3, -0.25) is 0 Å². The zero-order chi connectivity index (χ0) is 16.4. The third-order valence-electron chi connectivity index (χ3n) is 4.37. The van der Waals surface area contributed by atoms with Gasteiger partial charge in [-0.25, -0.2) is 18.3 Å². The first-order valence-electron chi connectivity index (χ1n) is 7.92. The van der Waals surface area contributed by atoms with Gasteiger partial charge in [0.1, 0.15) is 11.1 Å². The predicted molar refractivity (Wildman–Crippen MR) is 89.8 cm³/mol. The van der Waals surface area contributed by atoms with Gasteiger partial charge in [0.25, 0.3) is 0 Å². The molecule has 2 aromatic heterocycles. The van der Waals surface area contributed by atoms with Crippen molar-refractivity contribution in [2.45, 2.75) is 52.6 Å². The third-order valence-corrected chi connectivity index (χ3v) is 4.37. The van der Waals surface area contributed by atoms with Gasteiger partial charge in [-0.05, 0) is 41.5 Å². The van der Waals surface area contributed by atoms with Gasteiger partial charge in [0, 0.05) is 12.1 Å². The summed E-state index contributed by atoms with van der Waals surface area (Å²) in [5.41, 5.74) is 5.21. The number of nitrogens with zero attached hydrogens (tertiary/aromatic N) is 4. The second kappa shape index (κ2) is 4.34. The molecule has 0 amide bonds. The lowest BCUT2D eigenvalue weighted by molar-refractivity contribution is -0.731. The summed E-state index contributed by atoms with van der Waals surface area (Å²) in [7, 11) is 4.21. The molecule has 0 bridgehead atoms. The molecule has 0 aliphatic heterocycles. The van der Waals surface area contributed by atoms with Crippen LogP contribution in [0.5, 0.6) is 0 Å². The Balaban J connectivity index is 2.50. The molecule has 0 unspecified atom stereocenters. The number of benzene rings is 1. The highest BCUT2D eigenvalue weighted by molar-refractivity contribution is 5.88. The van der Waals surface area contributed by atoms with Crippen LogP contribution in [0.3, 0.4) is 0 Å². The maximum absolute atomic E-state index is 2.39. The van der Waals surface area contributed by atoms with Crippen LogP contribution in [0.25, 0.3) is 22.1 Å². The molecule has 0 N–H and O–H groups in total. The number of aryl methyl sites for hydroxylation is 2. The quantitative estimate of drug-likeness (QED) is 0.568. The van der Waals surface area contributed by atoms with E-state index in [1.807, 2.05) is 0 Å². The fourth-order valence-corrected chi connectivity index (χ4v) is 3.20. The van der Waals surface area contributed by atoms with E-state index in [4.69, 9.17) is 0 Å². The number of fused-ring (bicyclic) bond motifs is 2. The number of imidazole rings is 2. The van der Waals surface area contributed by atoms with Gasteiger partial charge in [0.05, 0.1) is 14.1 Å². The predicted octanol–water partition coefficient (Wildman–Crippen LogP) is 2.76. The molecule has 0 spiro atoms. The second-order valence-electron chi connectivity index (χ2n) is 8.36. The second-order valence-corrected chi connectivity index (χ2v) is 8.36. The van der Waals surface area contributed by atoms with Gasteiger partial charge in [-0.15, -0.1) is 0 Å². The highest BCUT2D eigenvalue weighted by atomic mass is 15.2.